The zero-order valence-electron chi connectivity index (χ0n) is 16.2. The largest absolute Gasteiger partial charge is 0.466 e. The lowest BCUT2D eigenvalue weighted by atomic mass is 10.0. The Labute approximate surface area is 168 Å². The maximum atomic E-state index is 13.0. The molecule has 0 radical (unpaired) electrons. The van der Waals surface area contributed by atoms with Crippen molar-refractivity contribution in [2.75, 3.05) is 6.61 Å². The molecule has 0 bridgehead atoms. The number of nitro benzene ring substituents is 1. The molecule has 0 atom stereocenters. The number of benzene rings is 2. The molecule has 7 nitrogen and oxygen atoms in total. The Morgan fingerprint density at radius 1 is 1.10 bits per heavy atom. The highest BCUT2D eigenvalue weighted by molar-refractivity contribution is 6.16. The fraction of sp³-hybridized carbons (Fsp3) is 0.273. The summed E-state index contributed by atoms with van der Waals surface area (Å²) in [7, 11) is 0. The first-order valence-electron chi connectivity index (χ1n) is 9.54. The molecular weight excluding hydrogens is 372 g/mol. The van der Waals surface area contributed by atoms with E-state index in [0.29, 0.717) is 31.6 Å². The number of rotatable bonds is 9. The lowest BCUT2D eigenvalue weighted by Gasteiger charge is -2.05. The van der Waals surface area contributed by atoms with E-state index in [0.717, 1.165) is 17.3 Å². The molecular formula is C22H22N2O5. The van der Waals surface area contributed by atoms with Crippen molar-refractivity contribution in [3.05, 3.63) is 76.0 Å². The summed E-state index contributed by atoms with van der Waals surface area (Å²) in [4.78, 5) is 35.0. The van der Waals surface area contributed by atoms with E-state index in [4.69, 9.17) is 4.74 Å². The third-order valence-electron chi connectivity index (χ3n) is 4.69. The fourth-order valence-electron chi connectivity index (χ4n) is 3.31. The number of nitrogens with zero attached hydrogens (tertiary/aromatic N) is 2. The quantitative estimate of drug-likeness (QED) is 0.175. The first-order chi connectivity index (χ1) is 14.0. The summed E-state index contributed by atoms with van der Waals surface area (Å²) >= 11 is 0. The van der Waals surface area contributed by atoms with Gasteiger partial charge in [-0.15, -0.1) is 0 Å². The minimum absolute atomic E-state index is 0.112. The Kier molecular flexibility index (Phi) is 6.39. The Morgan fingerprint density at radius 2 is 1.90 bits per heavy atom. The van der Waals surface area contributed by atoms with Gasteiger partial charge in [0.2, 0.25) is 0 Å². The van der Waals surface area contributed by atoms with Gasteiger partial charge in [-0.05, 0) is 25.8 Å². The molecule has 2 aromatic carbocycles. The number of carbonyl (C=O) groups excluding carboxylic acids is 2. The molecule has 0 saturated heterocycles. The van der Waals surface area contributed by atoms with Gasteiger partial charge in [-0.1, -0.05) is 30.3 Å². The van der Waals surface area contributed by atoms with Crippen LogP contribution in [0.1, 0.15) is 42.1 Å². The minimum atomic E-state index is -0.510. The molecule has 0 aliphatic heterocycles. The lowest BCUT2D eigenvalue weighted by molar-refractivity contribution is -0.384. The highest BCUT2D eigenvalue weighted by atomic mass is 16.6. The fourth-order valence-corrected chi connectivity index (χ4v) is 3.31. The number of unbranched alkanes of at least 4 members (excludes halogenated alkanes) is 1. The summed E-state index contributed by atoms with van der Waals surface area (Å²) < 4.78 is 6.93. The van der Waals surface area contributed by atoms with Gasteiger partial charge in [0.15, 0.2) is 5.78 Å². The van der Waals surface area contributed by atoms with Crippen molar-refractivity contribution in [2.24, 2.45) is 0 Å². The highest BCUT2D eigenvalue weighted by Crippen LogP contribution is 2.25. The van der Waals surface area contributed by atoms with Crippen molar-refractivity contribution in [3.8, 4) is 0 Å². The van der Waals surface area contributed by atoms with Gasteiger partial charge in [0.25, 0.3) is 5.69 Å². The van der Waals surface area contributed by atoms with Crippen LogP contribution in [0.25, 0.3) is 10.9 Å². The number of hydrogen-bond donors (Lipinski definition) is 0. The number of nitro groups is 1. The zero-order chi connectivity index (χ0) is 20.8. The number of ether oxygens (including phenoxy) is 1. The van der Waals surface area contributed by atoms with E-state index in [-0.39, 0.29) is 23.0 Å². The summed E-state index contributed by atoms with van der Waals surface area (Å²) in [5.41, 5.74) is 1.59. The maximum Gasteiger partial charge on any atom is 0.305 e. The summed E-state index contributed by atoms with van der Waals surface area (Å²) in [5, 5.41) is 11.8. The standard InChI is InChI=1S/C22H22N2O5/c1-2-29-21(25)12-5-6-13-23-15-19(18-10-3-4-11-20(18)23)22(26)16-8-7-9-17(14-16)24(27)28/h3-4,7-11,14-15H,2,5-6,12-13H2,1H3. The molecule has 0 aliphatic carbocycles. The molecule has 0 spiro atoms. The van der Waals surface area contributed by atoms with Crippen LogP contribution in [0.15, 0.2) is 54.7 Å². The number of hydrogen-bond acceptors (Lipinski definition) is 5. The Balaban J connectivity index is 1.82. The van der Waals surface area contributed by atoms with Crippen LogP contribution >= 0.6 is 0 Å². The first-order valence-corrected chi connectivity index (χ1v) is 9.54. The van der Waals surface area contributed by atoms with Gasteiger partial charge in [-0.2, -0.15) is 0 Å². The Hall–Kier alpha value is -3.48. The van der Waals surface area contributed by atoms with E-state index in [1.165, 1.54) is 18.2 Å². The second kappa shape index (κ2) is 9.14. The van der Waals surface area contributed by atoms with Gasteiger partial charge in [-0.25, -0.2) is 0 Å². The maximum absolute atomic E-state index is 13.0. The average Bonchev–Trinajstić information content (AvgIpc) is 3.10. The molecule has 0 aliphatic rings. The molecule has 150 valence electrons. The van der Waals surface area contributed by atoms with Crippen LogP contribution in [0.3, 0.4) is 0 Å². The van der Waals surface area contributed by atoms with Crippen LogP contribution in [0.4, 0.5) is 5.69 Å². The molecule has 0 amide bonds. The van der Waals surface area contributed by atoms with Crippen molar-refractivity contribution < 1.29 is 19.2 Å². The summed E-state index contributed by atoms with van der Waals surface area (Å²) in [6, 6.07) is 13.3. The molecule has 7 heteroatoms. The van der Waals surface area contributed by atoms with Crippen molar-refractivity contribution >= 4 is 28.3 Å². The number of aromatic nitrogens is 1. The van der Waals surface area contributed by atoms with Crippen molar-refractivity contribution in [3.63, 3.8) is 0 Å². The summed E-state index contributed by atoms with van der Waals surface area (Å²) in [6.45, 7) is 2.82. The van der Waals surface area contributed by atoms with E-state index in [1.807, 2.05) is 28.8 Å². The number of carbonyl (C=O) groups is 2. The van der Waals surface area contributed by atoms with Gasteiger partial charge >= 0.3 is 5.97 Å². The smallest absolute Gasteiger partial charge is 0.305 e. The van der Waals surface area contributed by atoms with Gasteiger partial charge in [0.1, 0.15) is 0 Å². The number of aryl methyl sites for hydroxylation is 1. The van der Waals surface area contributed by atoms with E-state index >= 15 is 0 Å². The third-order valence-corrected chi connectivity index (χ3v) is 4.69. The Bertz CT molecular complexity index is 1050. The molecule has 0 unspecified atom stereocenters. The van der Waals surface area contributed by atoms with Gasteiger partial charge in [0.05, 0.1) is 11.5 Å². The third kappa shape index (κ3) is 4.68. The van der Waals surface area contributed by atoms with E-state index in [1.54, 1.807) is 19.2 Å². The highest BCUT2D eigenvalue weighted by Gasteiger charge is 2.18. The molecule has 0 saturated carbocycles. The predicted molar refractivity (Wildman–Crippen MR) is 109 cm³/mol. The van der Waals surface area contributed by atoms with Crippen LogP contribution in [-0.2, 0) is 16.1 Å². The minimum Gasteiger partial charge on any atom is -0.466 e. The van der Waals surface area contributed by atoms with Gasteiger partial charge in [-0.3, -0.25) is 19.7 Å². The van der Waals surface area contributed by atoms with Crippen molar-refractivity contribution in [1.82, 2.24) is 4.57 Å². The van der Waals surface area contributed by atoms with Crippen LogP contribution < -0.4 is 0 Å². The SMILES string of the molecule is CCOC(=O)CCCCn1cc(C(=O)c2cccc([N+](=O)[O-])c2)c2ccccc21. The van der Waals surface area contributed by atoms with Crippen molar-refractivity contribution in [1.29, 1.82) is 0 Å². The van der Waals surface area contributed by atoms with Gasteiger partial charge < -0.3 is 9.30 Å². The van der Waals surface area contributed by atoms with E-state index in [2.05, 4.69) is 0 Å². The van der Waals surface area contributed by atoms with Crippen LogP contribution in [0, 0.1) is 10.1 Å². The molecule has 0 fully saturated rings. The van der Waals surface area contributed by atoms with E-state index in [9.17, 15) is 19.7 Å². The van der Waals surface area contributed by atoms with Crippen LogP contribution in [-0.4, -0.2) is 27.8 Å². The topological polar surface area (TPSA) is 91.4 Å². The van der Waals surface area contributed by atoms with Crippen LogP contribution in [0.5, 0.6) is 0 Å². The summed E-state index contributed by atoms with van der Waals surface area (Å²) in [6.07, 6.45) is 3.62. The monoisotopic (exact) mass is 394 g/mol. The van der Waals surface area contributed by atoms with Crippen LogP contribution in [0.2, 0.25) is 0 Å². The molecule has 1 heterocycles. The second-order valence-corrected chi connectivity index (χ2v) is 6.65. The average molecular weight is 394 g/mol. The number of ketones is 1. The van der Waals surface area contributed by atoms with Crippen molar-refractivity contribution in [2.45, 2.75) is 32.7 Å². The molecule has 0 N–H and O–H groups in total. The normalized spacial score (nSPS) is 10.8. The molecule has 3 aromatic rings. The van der Waals surface area contributed by atoms with Gasteiger partial charge in [0, 0.05) is 53.3 Å². The Morgan fingerprint density at radius 3 is 2.66 bits per heavy atom. The number of para-hydroxylation sites is 1. The number of non-ortho nitro benzene ring substituents is 1. The molecule has 1 aromatic heterocycles. The molecule has 29 heavy (non-hydrogen) atoms. The number of esters is 1. The van der Waals surface area contributed by atoms with E-state index < -0.39 is 4.92 Å². The predicted octanol–water partition coefficient (Wildman–Crippen LogP) is 4.51. The zero-order valence-corrected chi connectivity index (χ0v) is 16.2. The molecule has 3 rings (SSSR count). The lowest BCUT2D eigenvalue weighted by Crippen LogP contribution is -2.04. The second-order valence-electron chi connectivity index (χ2n) is 6.65. The first kappa shape index (κ1) is 20.3. The summed E-state index contributed by atoms with van der Waals surface area (Å²) in [5.74, 6) is -0.457. The number of fused-ring (bicyclic) bond motifs is 1.